The van der Waals surface area contributed by atoms with E-state index in [1.807, 2.05) is 53.4 Å². The van der Waals surface area contributed by atoms with Crippen LogP contribution < -0.4 is 15.1 Å². The topological polar surface area (TPSA) is 144 Å². The summed E-state index contributed by atoms with van der Waals surface area (Å²) in [6.45, 7) is 6.67. The van der Waals surface area contributed by atoms with Crippen LogP contribution in [0.3, 0.4) is 0 Å². The summed E-state index contributed by atoms with van der Waals surface area (Å²) >= 11 is 0. The lowest BCUT2D eigenvalue weighted by atomic mass is 9.71. The fourth-order valence-corrected chi connectivity index (χ4v) is 9.22. The van der Waals surface area contributed by atoms with Crippen molar-refractivity contribution in [3.05, 3.63) is 102 Å². The minimum absolute atomic E-state index is 0.0698. The van der Waals surface area contributed by atoms with E-state index in [9.17, 15) is 19.5 Å². The van der Waals surface area contributed by atoms with Gasteiger partial charge in [-0.05, 0) is 60.7 Å². The van der Waals surface area contributed by atoms with Crippen molar-refractivity contribution in [1.29, 1.82) is 0 Å². The van der Waals surface area contributed by atoms with Gasteiger partial charge < -0.3 is 24.6 Å². The molecule has 3 atom stereocenters. The van der Waals surface area contributed by atoms with E-state index in [0.717, 1.165) is 54.4 Å². The van der Waals surface area contributed by atoms with Gasteiger partial charge in [0.25, 0.3) is 0 Å². The number of oxime groups is 1. The Morgan fingerprint density at radius 1 is 0.857 bits per heavy atom. The maximum Gasteiger partial charge on any atom is 0.234 e. The van der Waals surface area contributed by atoms with Crippen molar-refractivity contribution in [1.82, 2.24) is 25.3 Å². The quantitative estimate of drug-likeness (QED) is 0.254. The lowest BCUT2D eigenvalue weighted by Gasteiger charge is -2.43. The van der Waals surface area contributed by atoms with E-state index in [0.29, 0.717) is 69.7 Å². The zero-order valence-corrected chi connectivity index (χ0v) is 31.3. The number of piperazine rings is 1. The number of hydrogen-bond acceptors (Lipinski definition) is 11. The number of carbonyl (C=O) groups is 3. The minimum Gasteiger partial charge on any atom is -0.507 e. The Bertz CT molecular complexity index is 2130. The Kier molecular flexibility index (Phi) is 9.62. The number of benzene rings is 3. The summed E-state index contributed by atoms with van der Waals surface area (Å²) in [5.74, 6) is -0.305. The number of carbonyl (C=O) groups excluding carboxylic acids is 3. The number of fused-ring (bicyclic) bond motifs is 1. The van der Waals surface area contributed by atoms with Crippen molar-refractivity contribution in [3.8, 4) is 17.0 Å². The Hall–Kier alpha value is -5.82. The second-order valence-electron chi connectivity index (χ2n) is 15.7. The monoisotopic (exact) mass is 754 g/mol. The number of anilines is 2. The molecule has 4 saturated heterocycles. The number of nitrogens with zero attached hydrogens (tertiary/aromatic N) is 7. The van der Waals surface area contributed by atoms with Gasteiger partial charge in [-0.2, -0.15) is 10.2 Å². The minimum atomic E-state index is -0.662. The molecule has 3 aromatic carbocycles. The first-order valence-electron chi connectivity index (χ1n) is 19.7. The van der Waals surface area contributed by atoms with Gasteiger partial charge in [-0.25, -0.2) is 0 Å². The maximum atomic E-state index is 14.8. The van der Waals surface area contributed by atoms with Gasteiger partial charge in [0, 0.05) is 70.0 Å². The van der Waals surface area contributed by atoms with Gasteiger partial charge in [0.05, 0.1) is 47.1 Å². The Morgan fingerprint density at radius 2 is 1.59 bits per heavy atom. The molecular weight excluding hydrogens is 709 g/mol. The van der Waals surface area contributed by atoms with Gasteiger partial charge in [0.1, 0.15) is 5.75 Å². The first-order chi connectivity index (χ1) is 27.3. The zero-order valence-electron chi connectivity index (χ0n) is 31.3. The lowest BCUT2D eigenvalue weighted by Crippen LogP contribution is -2.53. The molecule has 9 rings (SSSR count). The van der Waals surface area contributed by atoms with Crippen LogP contribution in [0.4, 0.5) is 11.4 Å². The van der Waals surface area contributed by atoms with Gasteiger partial charge in [-0.15, -0.1) is 0 Å². The molecule has 1 aromatic heterocycles. The predicted octanol–water partition coefficient (Wildman–Crippen LogP) is 3.94. The summed E-state index contributed by atoms with van der Waals surface area (Å²) in [5.41, 5.74) is 5.63. The Labute approximate surface area is 325 Å². The number of para-hydroxylation sites is 1. The number of aromatic hydroxyl groups is 1. The zero-order chi connectivity index (χ0) is 38.2. The summed E-state index contributed by atoms with van der Waals surface area (Å²) in [7, 11) is 0. The number of likely N-dealkylation sites (tertiary alicyclic amines) is 1. The van der Waals surface area contributed by atoms with E-state index in [2.05, 4.69) is 59.6 Å². The number of phenols is 1. The van der Waals surface area contributed by atoms with E-state index >= 15 is 0 Å². The van der Waals surface area contributed by atoms with Crippen LogP contribution >= 0.6 is 0 Å². The first-order valence-corrected chi connectivity index (χ1v) is 19.7. The van der Waals surface area contributed by atoms with Crippen LogP contribution in [-0.4, -0.2) is 114 Å². The third-order valence-corrected chi connectivity index (χ3v) is 12.5. The highest BCUT2D eigenvalue weighted by Gasteiger charge is 2.51. The lowest BCUT2D eigenvalue weighted by molar-refractivity contribution is -0.138. The molecule has 56 heavy (non-hydrogen) atoms. The van der Waals surface area contributed by atoms with E-state index in [-0.39, 0.29) is 41.4 Å². The van der Waals surface area contributed by atoms with Crippen LogP contribution in [0.2, 0.25) is 0 Å². The molecule has 0 aliphatic carbocycles. The molecule has 0 unspecified atom stereocenters. The number of rotatable bonds is 8. The summed E-state index contributed by atoms with van der Waals surface area (Å²) in [4.78, 5) is 53.8. The number of hydrogen-bond donors (Lipinski definition) is 2. The molecule has 288 valence electrons. The Balaban J connectivity index is 0.822. The molecule has 2 N–H and O–H groups in total. The number of phenolic OH excluding ortho intramolecular Hbond substituents is 1. The molecule has 0 saturated carbocycles. The molecule has 13 nitrogen and oxygen atoms in total. The molecule has 6 heterocycles. The van der Waals surface area contributed by atoms with Crippen LogP contribution in [0.25, 0.3) is 11.3 Å². The molecule has 0 bridgehead atoms. The van der Waals surface area contributed by atoms with Crippen LogP contribution in [-0.2, 0) is 24.6 Å². The van der Waals surface area contributed by atoms with Crippen molar-refractivity contribution in [2.24, 2.45) is 11.1 Å². The average Bonchev–Trinajstić information content (AvgIpc) is 3.83. The van der Waals surface area contributed by atoms with Crippen LogP contribution in [0.15, 0.2) is 96.3 Å². The largest absolute Gasteiger partial charge is 0.507 e. The van der Waals surface area contributed by atoms with Crippen LogP contribution in [0.1, 0.15) is 42.7 Å². The number of aromatic nitrogens is 2. The molecule has 5 aliphatic heterocycles. The molecule has 5 aliphatic rings. The SMILES string of the molecule is O=C1CC[C@H](c2ccc(N3CCN(CC4=NO[C@@H]5CN(C(=O)C6(c7ccccc7)CCN(c7cnnc(-c8ccccc8O)c7)CC6)C[C@H]45)CC3)cc2)C(=O)N1. The fourth-order valence-electron chi connectivity index (χ4n) is 9.22. The molecule has 0 spiro atoms. The van der Waals surface area contributed by atoms with Crippen molar-refractivity contribution in [2.75, 3.05) is 68.7 Å². The fraction of sp³-hybridized carbons (Fsp3) is 0.395. The summed E-state index contributed by atoms with van der Waals surface area (Å²) in [5, 5.41) is 26.0. The van der Waals surface area contributed by atoms with Gasteiger partial charge in [0.2, 0.25) is 17.7 Å². The van der Waals surface area contributed by atoms with Crippen molar-refractivity contribution in [3.63, 3.8) is 0 Å². The number of nitrogens with one attached hydrogen (secondary N) is 1. The third kappa shape index (κ3) is 6.84. The maximum absolute atomic E-state index is 14.8. The standard InChI is InChI=1S/C43H46N8O5/c52-38-9-5-4-8-34(38)36-24-32(25-44-46-36)49-18-16-43(17-19-49,30-6-2-1-3-7-30)42(55)51-26-35-37(47-56-39(35)28-51)27-48-20-22-50(23-21-48)31-12-10-29(11-13-31)33-14-15-40(53)45-41(33)54/h1-13,24-25,33,35,39,52H,14-23,26-28H2,(H,45,53,54)/t33-,35-,39-/m1/s1. The molecule has 4 aromatic rings. The summed E-state index contributed by atoms with van der Waals surface area (Å²) in [6.07, 6.45) is 3.84. The number of imide groups is 1. The molecule has 3 amide bonds. The smallest absolute Gasteiger partial charge is 0.234 e. The van der Waals surface area contributed by atoms with E-state index in [1.165, 1.54) is 0 Å². The van der Waals surface area contributed by atoms with Crippen molar-refractivity contribution in [2.45, 2.75) is 43.1 Å². The van der Waals surface area contributed by atoms with Crippen LogP contribution in [0, 0.1) is 5.92 Å². The molecule has 4 fully saturated rings. The third-order valence-electron chi connectivity index (χ3n) is 12.5. The highest BCUT2D eigenvalue weighted by atomic mass is 16.6. The molecular formula is C43H46N8O5. The van der Waals surface area contributed by atoms with Crippen LogP contribution in [0.5, 0.6) is 5.75 Å². The second-order valence-corrected chi connectivity index (χ2v) is 15.7. The van der Waals surface area contributed by atoms with E-state index < -0.39 is 5.41 Å². The van der Waals surface area contributed by atoms with E-state index in [4.69, 9.17) is 4.84 Å². The van der Waals surface area contributed by atoms with E-state index in [1.54, 1.807) is 18.3 Å². The Morgan fingerprint density at radius 3 is 2.34 bits per heavy atom. The number of amides is 3. The summed E-state index contributed by atoms with van der Waals surface area (Å²) < 4.78 is 0. The summed E-state index contributed by atoms with van der Waals surface area (Å²) in [6, 6.07) is 27.5. The molecule has 13 heteroatoms. The average molecular weight is 755 g/mol. The first kappa shape index (κ1) is 35.9. The van der Waals surface area contributed by atoms with Crippen molar-refractivity contribution < 1.29 is 24.3 Å². The number of piperidine rings is 2. The second kappa shape index (κ2) is 15.0. The van der Waals surface area contributed by atoms with Gasteiger partial charge in [-0.3, -0.25) is 24.6 Å². The van der Waals surface area contributed by atoms with Gasteiger partial charge in [-0.1, -0.05) is 59.8 Å². The van der Waals surface area contributed by atoms with Crippen molar-refractivity contribution >= 4 is 34.8 Å². The predicted molar refractivity (Wildman–Crippen MR) is 211 cm³/mol. The molecule has 0 radical (unpaired) electrons. The van der Waals surface area contributed by atoms with Gasteiger partial charge >= 0.3 is 0 Å². The highest BCUT2D eigenvalue weighted by molar-refractivity contribution is 6.01. The van der Waals surface area contributed by atoms with Gasteiger partial charge in [0.15, 0.2) is 6.10 Å². The highest BCUT2D eigenvalue weighted by Crippen LogP contribution is 2.41. The normalized spacial score (nSPS) is 23.7.